The summed E-state index contributed by atoms with van der Waals surface area (Å²) < 4.78 is 5.18. The van der Waals surface area contributed by atoms with E-state index in [1.807, 2.05) is 42.5 Å². The second-order valence-corrected chi connectivity index (χ2v) is 5.99. The van der Waals surface area contributed by atoms with Crippen LogP contribution in [0.25, 0.3) is 6.08 Å². The topological polar surface area (TPSA) is 29.5 Å². The van der Waals surface area contributed by atoms with E-state index in [1.54, 1.807) is 7.11 Å². The molecule has 0 saturated heterocycles. The summed E-state index contributed by atoms with van der Waals surface area (Å²) in [4.78, 5) is 0. The van der Waals surface area contributed by atoms with E-state index in [1.165, 1.54) is 5.56 Å². The van der Waals surface area contributed by atoms with Gasteiger partial charge in [-0.2, -0.15) is 0 Å². The van der Waals surface area contributed by atoms with Crippen molar-refractivity contribution in [3.63, 3.8) is 0 Å². The highest BCUT2D eigenvalue weighted by Gasteiger charge is 2.40. The lowest BCUT2D eigenvalue weighted by Crippen LogP contribution is -2.16. The van der Waals surface area contributed by atoms with E-state index in [0.29, 0.717) is 0 Å². The van der Waals surface area contributed by atoms with E-state index in [9.17, 15) is 5.11 Å². The Labute approximate surface area is 125 Å². The first kappa shape index (κ1) is 13.9. The SMILES string of the molecule is COc1ccc(/C=C2/C(O)c3ccccc3C2(C)C)cc1. The maximum Gasteiger partial charge on any atom is 0.118 e. The van der Waals surface area contributed by atoms with E-state index in [2.05, 4.69) is 26.0 Å². The lowest BCUT2D eigenvalue weighted by molar-refractivity contribution is 0.215. The first-order valence-corrected chi connectivity index (χ1v) is 7.17. The number of benzene rings is 2. The Morgan fingerprint density at radius 3 is 2.33 bits per heavy atom. The molecular formula is C19H20O2. The van der Waals surface area contributed by atoms with Gasteiger partial charge in [-0.25, -0.2) is 0 Å². The largest absolute Gasteiger partial charge is 0.497 e. The second kappa shape index (κ2) is 5.05. The second-order valence-electron chi connectivity index (χ2n) is 5.99. The molecule has 108 valence electrons. The molecule has 0 radical (unpaired) electrons. The molecule has 0 heterocycles. The third kappa shape index (κ3) is 2.26. The predicted octanol–water partition coefficient (Wildman–Crippen LogP) is 4.10. The maximum absolute atomic E-state index is 10.6. The van der Waals surface area contributed by atoms with Crippen molar-refractivity contribution in [1.82, 2.24) is 0 Å². The Hall–Kier alpha value is -2.06. The molecule has 1 unspecified atom stereocenters. The summed E-state index contributed by atoms with van der Waals surface area (Å²) in [6.45, 7) is 4.33. The number of hydrogen-bond donors (Lipinski definition) is 1. The Morgan fingerprint density at radius 1 is 1.05 bits per heavy atom. The standard InChI is InChI=1S/C19H20O2/c1-19(2)16-7-5-4-6-15(16)18(20)17(19)12-13-8-10-14(21-3)11-9-13/h4-12,18,20H,1-3H3/b17-12-. The average molecular weight is 280 g/mol. The van der Waals surface area contributed by atoms with Gasteiger partial charge in [0.15, 0.2) is 0 Å². The minimum Gasteiger partial charge on any atom is -0.497 e. The van der Waals surface area contributed by atoms with Crippen molar-refractivity contribution >= 4 is 6.08 Å². The molecule has 1 aliphatic carbocycles. The molecule has 1 aliphatic rings. The minimum atomic E-state index is -0.529. The molecule has 1 atom stereocenters. The number of fused-ring (bicyclic) bond motifs is 1. The number of ether oxygens (including phenoxy) is 1. The van der Waals surface area contributed by atoms with Crippen molar-refractivity contribution in [1.29, 1.82) is 0 Å². The Bertz CT molecular complexity index is 681. The van der Waals surface area contributed by atoms with Gasteiger partial charge in [-0.1, -0.05) is 56.3 Å². The molecule has 2 heteroatoms. The van der Waals surface area contributed by atoms with Crippen LogP contribution in [0.2, 0.25) is 0 Å². The van der Waals surface area contributed by atoms with E-state index < -0.39 is 6.10 Å². The van der Waals surface area contributed by atoms with Gasteiger partial charge in [-0.3, -0.25) is 0 Å². The van der Waals surface area contributed by atoms with Crippen molar-refractivity contribution < 1.29 is 9.84 Å². The zero-order valence-corrected chi connectivity index (χ0v) is 12.6. The fourth-order valence-corrected chi connectivity index (χ4v) is 3.11. The summed E-state index contributed by atoms with van der Waals surface area (Å²) >= 11 is 0. The van der Waals surface area contributed by atoms with Crippen LogP contribution in [0.5, 0.6) is 5.75 Å². The Balaban J connectivity index is 2.04. The van der Waals surface area contributed by atoms with Crippen LogP contribution in [0.4, 0.5) is 0 Å². The summed E-state index contributed by atoms with van der Waals surface area (Å²) in [6.07, 6.45) is 1.56. The highest BCUT2D eigenvalue weighted by Crippen LogP contribution is 2.49. The van der Waals surface area contributed by atoms with Crippen molar-refractivity contribution in [2.75, 3.05) is 7.11 Å². The molecule has 2 aromatic rings. The summed E-state index contributed by atoms with van der Waals surface area (Å²) in [7, 11) is 1.66. The molecule has 0 aromatic heterocycles. The first-order chi connectivity index (χ1) is 10.0. The van der Waals surface area contributed by atoms with E-state index in [-0.39, 0.29) is 5.41 Å². The number of hydrogen-bond acceptors (Lipinski definition) is 2. The van der Waals surface area contributed by atoms with Crippen molar-refractivity contribution in [2.24, 2.45) is 0 Å². The third-order valence-corrected chi connectivity index (χ3v) is 4.38. The normalized spacial score (nSPS) is 21.3. The molecule has 0 bridgehead atoms. The predicted molar refractivity (Wildman–Crippen MR) is 85.4 cm³/mol. The zero-order chi connectivity index (χ0) is 15.0. The average Bonchev–Trinajstić information content (AvgIpc) is 2.70. The van der Waals surface area contributed by atoms with Crippen LogP contribution in [-0.2, 0) is 5.41 Å². The van der Waals surface area contributed by atoms with Gasteiger partial charge in [0.2, 0.25) is 0 Å². The van der Waals surface area contributed by atoms with Gasteiger partial charge in [0.1, 0.15) is 11.9 Å². The monoisotopic (exact) mass is 280 g/mol. The molecule has 3 rings (SSSR count). The van der Waals surface area contributed by atoms with Crippen molar-refractivity contribution in [3.05, 3.63) is 70.8 Å². The van der Waals surface area contributed by atoms with Crippen LogP contribution in [0.15, 0.2) is 54.1 Å². The fraction of sp³-hybridized carbons (Fsp3) is 0.263. The highest BCUT2D eigenvalue weighted by atomic mass is 16.5. The van der Waals surface area contributed by atoms with E-state index >= 15 is 0 Å². The van der Waals surface area contributed by atoms with Crippen LogP contribution >= 0.6 is 0 Å². The van der Waals surface area contributed by atoms with E-state index in [4.69, 9.17) is 4.74 Å². The van der Waals surface area contributed by atoms with Crippen molar-refractivity contribution in [2.45, 2.75) is 25.4 Å². The summed E-state index contributed by atoms with van der Waals surface area (Å²) in [6, 6.07) is 16.0. The van der Waals surface area contributed by atoms with Gasteiger partial charge in [0, 0.05) is 5.41 Å². The van der Waals surface area contributed by atoms with E-state index in [0.717, 1.165) is 22.4 Å². The Morgan fingerprint density at radius 2 is 1.71 bits per heavy atom. The van der Waals surface area contributed by atoms with Gasteiger partial charge in [-0.15, -0.1) is 0 Å². The first-order valence-electron chi connectivity index (χ1n) is 7.17. The molecular weight excluding hydrogens is 260 g/mol. The summed E-state index contributed by atoms with van der Waals surface area (Å²) in [5.74, 6) is 0.840. The van der Waals surface area contributed by atoms with Gasteiger partial charge in [0.05, 0.1) is 7.11 Å². The van der Waals surface area contributed by atoms with Crippen LogP contribution < -0.4 is 4.74 Å². The molecule has 0 spiro atoms. The number of aliphatic hydroxyl groups excluding tert-OH is 1. The van der Waals surface area contributed by atoms with Gasteiger partial charge in [-0.05, 0) is 34.4 Å². The van der Waals surface area contributed by atoms with Gasteiger partial charge >= 0.3 is 0 Å². The van der Waals surface area contributed by atoms with Crippen LogP contribution in [0, 0.1) is 0 Å². The molecule has 1 N–H and O–H groups in total. The molecule has 0 saturated carbocycles. The molecule has 21 heavy (non-hydrogen) atoms. The summed E-state index contributed by atoms with van der Waals surface area (Å²) in [5.41, 5.74) is 4.18. The molecule has 0 fully saturated rings. The quantitative estimate of drug-likeness (QED) is 0.897. The highest BCUT2D eigenvalue weighted by molar-refractivity contribution is 5.64. The van der Waals surface area contributed by atoms with Gasteiger partial charge in [0.25, 0.3) is 0 Å². The van der Waals surface area contributed by atoms with Crippen LogP contribution in [0.3, 0.4) is 0 Å². The molecule has 2 nitrogen and oxygen atoms in total. The lowest BCUT2D eigenvalue weighted by atomic mass is 9.82. The Kier molecular flexibility index (Phi) is 3.34. The van der Waals surface area contributed by atoms with Gasteiger partial charge < -0.3 is 9.84 Å². The molecule has 0 aliphatic heterocycles. The van der Waals surface area contributed by atoms with Crippen LogP contribution in [-0.4, -0.2) is 12.2 Å². The van der Waals surface area contributed by atoms with Crippen molar-refractivity contribution in [3.8, 4) is 5.75 Å². The fourth-order valence-electron chi connectivity index (χ4n) is 3.11. The molecule has 2 aromatic carbocycles. The summed E-state index contributed by atoms with van der Waals surface area (Å²) in [5, 5.41) is 10.6. The minimum absolute atomic E-state index is 0.157. The zero-order valence-electron chi connectivity index (χ0n) is 12.6. The van der Waals surface area contributed by atoms with Crippen LogP contribution in [0.1, 0.15) is 36.6 Å². The number of aliphatic hydroxyl groups is 1. The third-order valence-electron chi connectivity index (χ3n) is 4.38. The smallest absolute Gasteiger partial charge is 0.118 e. The number of rotatable bonds is 2. The molecule has 0 amide bonds. The lowest BCUT2D eigenvalue weighted by Gasteiger charge is -2.22. The number of methoxy groups -OCH3 is 1. The maximum atomic E-state index is 10.6.